The Morgan fingerprint density at radius 1 is 1.12 bits per heavy atom. The molecule has 0 saturated heterocycles. The summed E-state index contributed by atoms with van der Waals surface area (Å²) in [5.41, 5.74) is 1.19. The van der Waals surface area contributed by atoms with Crippen LogP contribution in [0.1, 0.15) is 56.8 Å². The molecule has 0 atom stereocenters. The van der Waals surface area contributed by atoms with E-state index in [1.54, 1.807) is 38.1 Å². The maximum Gasteiger partial charge on any atom is 0.338 e. The van der Waals surface area contributed by atoms with E-state index < -0.39 is 0 Å². The molecule has 1 aromatic rings. The molecule has 2 N–H and O–H groups in total. The van der Waals surface area contributed by atoms with Crippen LogP contribution in [0.3, 0.4) is 0 Å². The molecule has 0 aliphatic heterocycles. The van der Waals surface area contributed by atoms with Crippen molar-refractivity contribution in [2.45, 2.75) is 46.5 Å². The maximum atomic E-state index is 11.9. The van der Waals surface area contributed by atoms with Crippen LogP contribution in [0.15, 0.2) is 24.3 Å². The molecule has 0 aliphatic rings. The topological polar surface area (TPSA) is 67.4 Å². The second-order valence-electron chi connectivity index (χ2n) is 5.87. The molecule has 0 bridgehead atoms. The van der Waals surface area contributed by atoms with E-state index in [2.05, 4.69) is 17.6 Å². The summed E-state index contributed by atoms with van der Waals surface area (Å²) in [6, 6.07) is 6.79. The first-order valence-corrected chi connectivity index (χ1v) is 8.74. The van der Waals surface area contributed by atoms with Gasteiger partial charge in [-0.05, 0) is 42.9 Å². The zero-order valence-corrected chi connectivity index (χ0v) is 15.4. The maximum absolute atomic E-state index is 11.9. The Morgan fingerprint density at radius 2 is 1.79 bits per heavy atom. The number of hydrogen-bond donors (Lipinski definition) is 2. The van der Waals surface area contributed by atoms with Crippen molar-refractivity contribution in [3.8, 4) is 0 Å². The van der Waals surface area contributed by atoms with Crippen molar-refractivity contribution in [2.75, 3.05) is 11.9 Å². The van der Waals surface area contributed by atoms with Gasteiger partial charge in [-0.25, -0.2) is 4.79 Å². The quantitative estimate of drug-likeness (QED) is 0.423. The van der Waals surface area contributed by atoms with Gasteiger partial charge in [-0.15, -0.1) is 0 Å². The summed E-state index contributed by atoms with van der Waals surface area (Å²) in [6.45, 7) is 6.17. The van der Waals surface area contributed by atoms with Crippen LogP contribution in [-0.2, 0) is 9.53 Å². The molecule has 0 heterocycles. The summed E-state index contributed by atoms with van der Waals surface area (Å²) in [5.74, 6) is -0.608. The van der Waals surface area contributed by atoms with Crippen molar-refractivity contribution in [2.24, 2.45) is 5.92 Å². The van der Waals surface area contributed by atoms with Crippen LogP contribution in [-0.4, -0.2) is 23.6 Å². The first-order valence-electron chi connectivity index (χ1n) is 8.33. The van der Waals surface area contributed by atoms with Crippen molar-refractivity contribution < 1.29 is 14.3 Å². The molecule has 0 unspecified atom stereocenters. The monoisotopic (exact) mass is 350 g/mol. The summed E-state index contributed by atoms with van der Waals surface area (Å²) in [5, 5.41) is 5.74. The second kappa shape index (κ2) is 10.8. The third kappa shape index (κ3) is 7.55. The lowest BCUT2D eigenvalue weighted by molar-refractivity contribution is -0.122. The number of amides is 1. The SMILES string of the molecule is CCCCCCOC(=O)c1ccc(NC(=S)NC(=O)C(C)C)cc1. The van der Waals surface area contributed by atoms with Gasteiger partial charge < -0.3 is 15.4 Å². The summed E-state index contributed by atoms with van der Waals surface area (Å²) >= 11 is 5.07. The number of rotatable bonds is 8. The van der Waals surface area contributed by atoms with Crippen LogP contribution in [0, 0.1) is 5.92 Å². The summed E-state index contributed by atoms with van der Waals surface area (Å²) < 4.78 is 5.23. The molecule has 6 heteroatoms. The number of nitrogens with one attached hydrogen (secondary N) is 2. The van der Waals surface area contributed by atoms with Crippen molar-refractivity contribution in [3.63, 3.8) is 0 Å². The van der Waals surface area contributed by atoms with E-state index in [1.165, 1.54) is 0 Å². The molecule has 132 valence electrons. The van der Waals surface area contributed by atoms with Gasteiger partial charge in [0.05, 0.1) is 12.2 Å². The number of anilines is 1. The lowest BCUT2D eigenvalue weighted by Crippen LogP contribution is -2.36. The van der Waals surface area contributed by atoms with Crippen LogP contribution in [0.5, 0.6) is 0 Å². The highest BCUT2D eigenvalue weighted by Gasteiger charge is 2.10. The zero-order chi connectivity index (χ0) is 17.9. The number of carbonyl (C=O) groups is 2. The molecule has 0 fully saturated rings. The molecular formula is C18H26N2O3S. The van der Waals surface area contributed by atoms with Gasteiger partial charge in [-0.1, -0.05) is 40.0 Å². The van der Waals surface area contributed by atoms with Gasteiger partial charge in [0, 0.05) is 11.6 Å². The fraction of sp³-hybridized carbons (Fsp3) is 0.500. The predicted octanol–water partition coefficient (Wildman–Crippen LogP) is 3.89. The molecule has 5 nitrogen and oxygen atoms in total. The molecule has 0 radical (unpaired) electrons. The molecule has 1 amide bonds. The van der Waals surface area contributed by atoms with Crippen molar-refractivity contribution in [1.82, 2.24) is 5.32 Å². The Morgan fingerprint density at radius 3 is 2.38 bits per heavy atom. The zero-order valence-electron chi connectivity index (χ0n) is 14.6. The number of thiocarbonyl (C=S) groups is 1. The molecule has 0 saturated carbocycles. The molecule has 1 aromatic carbocycles. The van der Waals surface area contributed by atoms with Gasteiger partial charge in [-0.3, -0.25) is 4.79 Å². The fourth-order valence-corrected chi connectivity index (χ4v) is 2.10. The molecule has 0 aliphatic carbocycles. The molecule has 0 aromatic heterocycles. The van der Waals surface area contributed by atoms with E-state index >= 15 is 0 Å². The van der Waals surface area contributed by atoms with E-state index in [4.69, 9.17) is 17.0 Å². The minimum atomic E-state index is -0.325. The lowest BCUT2D eigenvalue weighted by atomic mass is 10.2. The Kier molecular flexibility index (Phi) is 9.01. The van der Waals surface area contributed by atoms with Gasteiger partial charge in [0.2, 0.25) is 5.91 Å². The number of carbonyl (C=O) groups excluding carboxylic acids is 2. The smallest absolute Gasteiger partial charge is 0.338 e. The average molecular weight is 350 g/mol. The Bertz CT molecular complexity index is 556. The third-order valence-corrected chi connectivity index (χ3v) is 3.57. The fourth-order valence-electron chi connectivity index (χ4n) is 1.89. The van der Waals surface area contributed by atoms with E-state index in [-0.39, 0.29) is 22.9 Å². The second-order valence-corrected chi connectivity index (χ2v) is 6.28. The summed E-state index contributed by atoms with van der Waals surface area (Å²) in [6.07, 6.45) is 4.28. The van der Waals surface area contributed by atoms with Gasteiger partial charge in [0.25, 0.3) is 0 Å². The number of unbranched alkanes of at least 4 members (excludes halogenated alkanes) is 3. The minimum absolute atomic E-state index is 0.140. The minimum Gasteiger partial charge on any atom is -0.462 e. The summed E-state index contributed by atoms with van der Waals surface area (Å²) in [7, 11) is 0. The highest BCUT2D eigenvalue weighted by Crippen LogP contribution is 2.11. The molecule has 0 spiro atoms. The van der Waals surface area contributed by atoms with E-state index in [1.807, 2.05) is 0 Å². The highest BCUT2D eigenvalue weighted by atomic mass is 32.1. The molecule has 1 rings (SSSR count). The Hall–Kier alpha value is -1.95. The van der Waals surface area contributed by atoms with Crippen molar-refractivity contribution >= 4 is 34.9 Å². The third-order valence-electron chi connectivity index (χ3n) is 3.37. The number of benzene rings is 1. The van der Waals surface area contributed by atoms with Gasteiger partial charge in [0.15, 0.2) is 5.11 Å². The Balaban J connectivity index is 2.43. The van der Waals surface area contributed by atoms with E-state index in [0.717, 1.165) is 25.7 Å². The first kappa shape index (κ1) is 20.1. The number of esters is 1. The van der Waals surface area contributed by atoms with Gasteiger partial charge >= 0.3 is 5.97 Å². The van der Waals surface area contributed by atoms with Gasteiger partial charge in [0.1, 0.15) is 0 Å². The molecular weight excluding hydrogens is 324 g/mol. The van der Waals surface area contributed by atoms with Crippen molar-refractivity contribution in [3.05, 3.63) is 29.8 Å². The first-order chi connectivity index (χ1) is 11.4. The van der Waals surface area contributed by atoms with Crippen LogP contribution < -0.4 is 10.6 Å². The average Bonchev–Trinajstić information content (AvgIpc) is 2.54. The highest BCUT2D eigenvalue weighted by molar-refractivity contribution is 7.80. The lowest BCUT2D eigenvalue weighted by Gasteiger charge is -2.11. The van der Waals surface area contributed by atoms with E-state index in [9.17, 15) is 9.59 Å². The van der Waals surface area contributed by atoms with Crippen molar-refractivity contribution in [1.29, 1.82) is 0 Å². The van der Waals surface area contributed by atoms with Crippen LogP contribution in [0.25, 0.3) is 0 Å². The Labute approximate surface area is 149 Å². The molecule has 24 heavy (non-hydrogen) atoms. The predicted molar refractivity (Wildman–Crippen MR) is 100 cm³/mol. The van der Waals surface area contributed by atoms with Crippen LogP contribution >= 0.6 is 12.2 Å². The van der Waals surface area contributed by atoms with Gasteiger partial charge in [-0.2, -0.15) is 0 Å². The van der Waals surface area contributed by atoms with Crippen LogP contribution in [0.4, 0.5) is 5.69 Å². The number of ether oxygens (including phenoxy) is 1. The normalized spacial score (nSPS) is 10.3. The number of hydrogen-bond acceptors (Lipinski definition) is 4. The largest absolute Gasteiger partial charge is 0.462 e. The van der Waals surface area contributed by atoms with Crippen LogP contribution in [0.2, 0.25) is 0 Å². The summed E-state index contributed by atoms with van der Waals surface area (Å²) in [4.78, 5) is 23.5. The van der Waals surface area contributed by atoms with E-state index in [0.29, 0.717) is 17.9 Å². The standard InChI is InChI=1S/C18H26N2O3S/c1-4-5-6-7-12-23-17(22)14-8-10-15(11-9-14)19-18(24)20-16(21)13(2)3/h8-11,13H,4-7,12H2,1-3H3,(H2,19,20,21,24).